The summed E-state index contributed by atoms with van der Waals surface area (Å²) in [6, 6.07) is 3.86. The Kier molecular flexibility index (Phi) is 4.29. The fourth-order valence-electron chi connectivity index (χ4n) is 1.11. The van der Waals surface area contributed by atoms with Crippen LogP contribution < -0.4 is 0 Å². The molecule has 0 amide bonds. The van der Waals surface area contributed by atoms with Gasteiger partial charge in [-0.2, -0.15) is 0 Å². The van der Waals surface area contributed by atoms with E-state index in [2.05, 4.69) is 0 Å². The molecule has 1 aromatic rings. The predicted molar refractivity (Wildman–Crippen MR) is 53.4 cm³/mol. The second-order valence-corrected chi connectivity index (χ2v) is 3.42. The lowest BCUT2D eigenvalue weighted by atomic mass is 10.1. The fraction of sp³-hybridized carbons (Fsp3) is 0.400. The molecule has 4 heteroatoms. The molecule has 0 aliphatic carbocycles. The number of likely N-dealkylation sites (N-methyl/N-ethyl adjacent to an activating group) is 1. The zero-order valence-electron chi connectivity index (χ0n) is 7.93. The van der Waals surface area contributed by atoms with Gasteiger partial charge in [0.05, 0.1) is 6.00 Å². The second kappa shape index (κ2) is 5.27. The van der Waals surface area contributed by atoms with E-state index in [4.69, 9.17) is 11.6 Å². The summed E-state index contributed by atoms with van der Waals surface area (Å²) in [7, 11) is 1.82. The zero-order chi connectivity index (χ0) is 10.6. The van der Waals surface area contributed by atoms with E-state index in [1.807, 2.05) is 11.9 Å². The Hall–Kier alpha value is -0.670. The van der Waals surface area contributed by atoms with Crippen LogP contribution >= 0.6 is 11.6 Å². The summed E-state index contributed by atoms with van der Waals surface area (Å²) in [5, 5.41) is 0. The average Bonchev–Trinajstić information content (AvgIpc) is 2.19. The van der Waals surface area contributed by atoms with Crippen molar-refractivity contribution in [1.82, 2.24) is 4.90 Å². The molecule has 14 heavy (non-hydrogen) atoms. The van der Waals surface area contributed by atoms with Gasteiger partial charge in [0.1, 0.15) is 11.6 Å². The third-order valence-corrected chi connectivity index (χ3v) is 2.38. The summed E-state index contributed by atoms with van der Waals surface area (Å²) < 4.78 is 25.9. The molecule has 0 spiro atoms. The van der Waals surface area contributed by atoms with Gasteiger partial charge < -0.3 is 0 Å². The van der Waals surface area contributed by atoms with E-state index in [0.717, 1.165) is 12.1 Å². The van der Waals surface area contributed by atoms with Crippen molar-refractivity contribution in [2.24, 2.45) is 0 Å². The highest BCUT2D eigenvalue weighted by Gasteiger charge is 2.04. The quantitative estimate of drug-likeness (QED) is 0.556. The van der Waals surface area contributed by atoms with Gasteiger partial charge in [-0.3, -0.25) is 4.90 Å². The molecule has 0 radical (unpaired) electrons. The lowest BCUT2D eigenvalue weighted by molar-refractivity contribution is 0.390. The highest BCUT2D eigenvalue weighted by Crippen LogP contribution is 2.10. The zero-order valence-corrected chi connectivity index (χ0v) is 8.69. The molecular formula is C10H12ClF2N. The number of rotatable bonds is 4. The Labute approximate surface area is 87.3 Å². The molecule has 0 aromatic heterocycles. The van der Waals surface area contributed by atoms with E-state index in [1.165, 1.54) is 6.07 Å². The molecule has 0 atom stereocenters. The summed E-state index contributed by atoms with van der Waals surface area (Å²) in [6.45, 7) is 0.615. The van der Waals surface area contributed by atoms with E-state index >= 15 is 0 Å². The molecule has 0 fully saturated rings. The molecule has 0 aliphatic rings. The lowest BCUT2D eigenvalue weighted by Crippen LogP contribution is -2.19. The molecular weight excluding hydrogens is 208 g/mol. The highest BCUT2D eigenvalue weighted by atomic mass is 35.5. The maximum absolute atomic E-state index is 13.1. The summed E-state index contributed by atoms with van der Waals surface area (Å²) in [4.78, 5) is 1.83. The first-order valence-electron chi connectivity index (χ1n) is 4.32. The van der Waals surface area contributed by atoms with Crippen LogP contribution in [0.25, 0.3) is 0 Å². The maximum Gasteiger partial charge on any atom is 0.126 e. The Bertz CT molecular complexity index is 304. The number of hydrogen-bond acceptors (Lipinski definition) is 1. The summed E-state index contributed by atoms with van der Waals surface area (Å²) in [6.07, 6.45) is 0.465. The number of alkyl halides is 1. The second-order valence-electron chi connectivity index (χ2n) is 3.18. The third kappa shape index (κ3) is 3.24. The molecule has 78 valence electrons. The average molecular weight is 220 g/mol. The topological polar surface area (TPSA) is 3.24 Å². The minimum atomic E-state index is -0.407. The van der Waals surface area contributed by atoms with Gasteiger partial charge in [-0.05, 0) is 37.2 Å². The number of hydrogen-bond donors (Lipinski definition) is 0. The third-order valence-electron chi connectivity index (χ3n) is 1.97. The maximum atomic E-state index is 13.1. The fourth-order valence-corrected chi connectivity index (χ4v) is 1.23. The monoisotopic (exact) mass is 219 g/mol. The molecule has 0 bridgehead atoms. The molecule has 0 heterocycles. The molecule has 1 aromatic carbocycles. The van der Waals surface area contributed by atoms with Gasteiger partial charge in [-0.15, -0.1) is 11.6 Å². The largest absolute Gasteiger partial charge is 0.293 e. The first-order valence-corrected chi connectivity index (χ1v) is 4.85. The highest BCUT2D eigenvalue weighted by molar-refractivity contribution is 6.17. The molecule has 1 rings (SSSR count). The van der Waals surface area contributed by atoms with Gasteiger partial charge in [0.25, 0.3) is 0 Å². The van der Waals surface area contributed by atoms with Crippen molar-refractivity contribution in [2.75, 3.05) is 19.6 Å². The van der Waals surface area contributed by atoms with E-state index in [1.54, 1.807) is 0 Å². The van der Waals surface area contributed by atoms with Crippen molar-refractivity contribution in [1.29, 1.82) is 0 Å². The molecule has 1 nitrogen and oxygen atoms in total. The molecule has 0 aliphatic heterocycles. The number of nitrogens with zero attached hydrogens (tertiary/aromatic N) is 1. The van der Waals surface area contributed by atoms with Crippen LogP contribution in [0.4, 0.5) is 8.78 Å². The van der Waals surface area contributed by atoms with Crippen LogP contribution in [0, 0.1) is 11.6 Å². The number of benzene rings is 1. The van der Waals surface area contributed by atoms with Crippen LogP contribution in [-0.2, 0) is 6.42 Å². The van der Waals surface area contributed by atoms with Crippen LogP contribution in [0.5, 0.6) is 0 Å². The van der Waals surface area contributed by atoms with Crippen LogP contribution in [-0.4, -0.2) is 24.5 Å². The molecule has 0 saturated heterocycles. The summed E-state index contributed by atoms with van der Waals surface area (Å²) >= 11 is 5.55. The van der Waals surface area contributed by atoms with Crippen LogP contribution in [0.15, 0.2) is 18.2 Å². The molecule has 0 unspecified atom stereocenters. The SMILES string of the molecule is CN(CCl)CCc1cc(F)ccc1F. The van der Waals surface area contributed by atoms with Crippen LogP contribution in [0.2, 0.25) is 0 Å². The smallest absolute Gasteiger partial charge is 0.126 e. The summed E-state index contributed by atoms with van der Waals surface area (Å²) in [5.41, 5.74) is 0.391. The first kappa shape index (κ1) is 11.4. The first-order chi connectivity index (χ1) is 6.63. The van der Waals surface area contributed by atoms with Gasteiger partial charge in [-0.1, -0.05) is 0 Å². The van der Waals surface area contributed by atoms with E-state index < -0.39 is 5.82 Å². The summed E-state index contributed by atoms with van der Waals surface area (Å²) in [5.74, 6) is -0.774. The number of halogens is 3. The van der Waals surface area contributed by atoms with Gasteiger partial charge in [0.2, 0.25) is 0 Å². The normalized spacial score (nSPS) is 10.9. The van der Waals surface area contributed by atoms with Crippen molar-refractivity contribution >= 4 is 11.6 Å². The van der Waals surface area contributed by atoms with Gasteiger partial charge >= 0.3 is 0 Å². The Balaban J connectivity index is 2.62. The Morgan fingerprint density at radius 2 is 2.07 bits per heavy atom. The van der Waals surface area contributed by atoms with Crippen molar-refractivity contribution < 1.29 is 8.78 Å². The minimum absolute atomic E-state index is 0.366. The van der Waals surface area contributed by atoms with Crippen molar-refractivity contribution in [3.05, 3.63) is 35.4 Å². The molecule has 0 N–H and O–H groups in total. The Morgan fingerprint density at radius 3 is 2.71 bits per heavy atom. The van der Waals surface area contributed by atoms with Crippen molar-refractivity contribution in [2.45, 2.75) is 6.42 Å². The Morgan fingerprint density at radius 1 is 1.36 bits per heavy atom. The van der Waals surface area contributed by atoms with Gasteiger partial charge in [0.15, 0.2) is 0 Å². The van der Waals surface area contributed by atoms with Crippen molar-refractivity contribution in [3.63, 3.8) is 0 Å². The standard InChI is InChI=1S/C10H12ClF2N/c1-14(7-11)5-4-8-6-9(12)2-3-10(8)13/h2-3,6H,4-5,7H2,1H3. The molecule has 0 saturated carbocycles. The van der Waals surface area contributed by atoms with Crippen molar-refractivity contribution in [3.8, 4) is 0 Å². The van der Waals surface area contributed by atoms with Gasteiger partial charge in [0, 0.05) is 6.54 Å². The van der Waals surface area contributed by atoms with E-state index in [0.29, 0.717) is 24.5 Å². The van der Waals surface area contributed by atoms with Gasteiger partial charge in [-0.25, -0.2) is 8.78 Å². The predicted octanol–water partition coefficient (Wildman–Crippen LogP) is 2.64. The lowest BCUT2D eigenvalue weighted by Gasteiger charge is -2.12. The van der Waals surface area contributed by atoms with E-state index in [-0.39, 0.29) is 5.82 Å². The van der Waals surface area contributed by atoms with Crippen LogP contribution in [0.3, 0.4) is 0 Å². The van der Waals surface area contributed by atoms with E-state index in [9.17, 15) is 8.78 Å². The minimum Gasteiger partial charge on any atom is -0.293 e. The van der Waals surface area contributed by atoms with Crippen LogP contribution in [0.1, 0.15) is 5.56 Å².